The van der Waals surface area contributed by atoms with Gasteiger partial charge in [-0.05, 0) is 42.2 Å². The van der Waals surface area contributed by atoms with Gasteiger partial charge in [0.1, 0.15) is 5.75 Å². The lowest BCUT2D eigenvalue weighted by Gasteiger charge is -2.20. The summed E-state index contributed by atoms with van der Waals surface area (Å²) in [7, 11) is -3.76. The summed E-state index contributed by atoms with van der Waals surface area (Å²) in [6.07, 6.45) is 2.00. The van der Waals surface area contributed by atoms with Crippen LogP contribution in [-0.4, -0.2) is 31.3 Å². The third-order valence-electron chi connectivity index (χ3n) is 4.72. The highest BCUT2D eigenvalue weighted by molar-refractivity contribution is 7.98. The molecule has 0 spiro atoms. The number of nitrogens with zero attached hydrogens (tertiary/aromatic N) is 2. The van der Waals surface area contributed by atoms with Crippen LogP contribution in [0.3, 0.4) is 0 Å². The van der Waals surface area contributed by atoms with Gasteiger partial charge in [-0.2, -0.15) is 0 Å². The number of anilines is 1. The molecule has 0 bridgehead atoms. The molecule has 0 N–H and O–H groups in total. The number of hydrogen-bond acceptors (Lipinski definition) is 6. The van der Waals surface area contributed by atoms with Gasteiger partial charge >= 0.3 is 0 Å². The first-order valence-corrected chi connectivity index (χ1v) is 13.2. The fourth-order valence-corrected chi connectivity index (χ4v) is 5.87. The largest absolute Gasteiger partial charge is 0.283 e. The van der Waals surface area contributed by atoms with Gasteiger partial charge in [0.15, 0.2) is 15.0 Å². The number of sulfone groups is 1. The summed E-state index contributed by atoms with van der Waals surface area (Å²) in [4.78, 5) is 20.6. The van der Waals surface area contributed by atoms with Crippen molar-refractivity contribution in [2.75, 3.05) is 16.9 Å². The van der Waals surface area contributed by atoms with Crippen molar-refractivity contribution in [1.82, 2.24) is 4.98 Å². The molecule has 5 nitrogen and oxygen atoms in total. The molecular formula is C23H20N2O3S3. The maximum absolute atomic E-state index is 13.2. The molecule has 0 fully saturated rings. The fraction of sp³-hybridized carbons (Fsp3) is 0.130. The molecule has 8 heteroatoms. The van der Waals surface area contributed by atoms with Crippen LogP contribution in [0.4, 0.5) is 5.13 Å². The van der Waals surface area contributed by atoms with Crippen molar-refractivity contribution >= 4 is 54.2 Å². The molecule has 0 saturated heterocycles. The molecular weight excluding hydrogens is 448 g/mol. The standard InChI is InChI=1S/C23H20N2O3S3/c1-29-18-12-13-20-21(14-18)30-23(24-20)25(15-17-8-4-2-5-9-17)22(26)16-31(27,28)19-10-6-3-7-11-19/h2-14H,15-16H2,1H3. The van der Waals surface area contributed by atoms with Gasteiger partial charge in [0.2, 0.25) is 5.91 Å². The molecule has 1 heterocycles. The van der Waals surface area contributed by atoms with E-state index >= 15 is 0 Å². The SMILES string of the molecule is CSc1ccc2nc(N(Cc3ccccc3)C(=O)CS(=O)(=O)c3ccccc3)sc2c1. The first-order chi connectivity index (χ1) is 15.0. The van der Waals surface area contributed by atoms with E-state index in [1.807, 2.05) is 54.8 Å². The highest BCUT2D eigenvalue weighted by Crippen LogP contribution is 2.32. The normalized spacial score (nSPS) is 11.5. The number of carbonyl (C=O) groups is 1. The molecule has 0 atom stereocenters. The van der Waals surface area contributed by atoms with E-state index in [-0.39, 0.29) is 11.4 Å². The van der Waals surface area contributed by atoms with Gasteiger partial charge in [0, 0.05) is 4.90 Å². The molecule has 4 aromatic rings. The summed E-state index contributed by atoms with van der Waals surface area (Å²) < 4.78 is 26.6. The van der Waals surface area contributed by atoms with E-state index in [2.05, 4.69) is 4.98 Å². The first-order valence-electron chi connectivity index (χ1n) is 9.53. The average molecular weight is 469 g/mol. The molecule has 158 valence electrons. The smallest absolute Gasteiger partial charge is 0.244 e. The van der Waals surface area contributed by atoms with Crippen LogP contribution >= 0.6 is 23.1 Å². The molecule has 3 aromatic carbocycles. The number of aromatic nitrogens is 1. The molecule has 0 aliphatic rings. The summed E-state index contributed by atoms with van der Waals surface area (Å²) in [6, 6.07) is 23.5. The number of benzene rings is 3. The van der Waals surface area contributed by atoms with E-state index in [4.69, 9.17) is 0 Å². The highest BCUT2D eigenvalue weighted by atomic mass is 32.2. The van der Waals surface area contributed by atoms with Crippen molar-refractivity contribution in [1.29, 1.82) is 0 Å². The van der Waals surface area contributed by atoms with E-state index in [0.29, 0.717) is 5.13 Å². The van der Waals surface area contributed by atoms with Gasteiger partial charge in [-0.25, -0.2) is 13.4 Å². The van der Waals surface area contributed by atoms with Gasteiger partial charge in [0.05, 0.1) is 21.7 Å². The minimum Gasteiger partial charge on any atom is -0.283 e. The van der Waals surface area contributed by atoms with Crippen LogP contribution in [0.5, 0.6) is 0 Å². The van der Waals surface area contributed by atoms with E-state index < -0.39 is 21.5 Å². The molecule has 1 aromatic heterocycles. The summed E-state index contributed by atoms with van der Waals surface area (Å²) in [5.74, 6) is -1.12. The Kier molecular flexibility index (Phi) is 6.41. The van der Waals surface area contributed by atoms with Crippen LogP contribution in [-0.2, 0) is 21.2 Å². The zero-order valence-corrected chi connectivity index (χ0v) is 19.2. The highest BCUT2D eigenvalue weighted by Gasteiger charge is 2.26. The van der Waals surface area contributed by atoms with Gasteiger partial charge < -0.3 is 0 Å². The van der Waals surface area contributed by atoms with Crippen LogP contribution in [0.15, 0.2) is 88.7 Å². The van der Waals surface area contributed by atoms with E-state index in [1.54, 1.807) is 30.0 Å². The monoisotopic (exact) mass is 468 g/mol. The van der Waals surface area contributed by atoms with Crippen LogP contribution in [0.1, 0.15) is 5.56 Å². The van der Waals surface area contributed by atoms with E-state index in [1.165, 1.54) is 28.4 Å². The lowest BCUT2D eigenvalue weighted by atomic mass is 10.2. The average Bonchev–Trinajstić information content (AvgIpc) is 3.21. The Morgan fingerprint density at radius 1 is 1.00 bits per heavy atom. The summed E-state index contributed by atoms with van der Waals surface area (Å²) >= 11 is 3.02. The minimum atomic E-state index is -3.76. The number of thiazole rings is 1. The Hall–Kier alpha value is -2.68. The molecule has 1 amide bonds. The van der Waals surface area contributed by atoms with Crippen molar-refractivity contribution in [3.8, 4) is 0 Å². The Morgan fingerprint density at radius 3 is 2.35 bits per heavy atom. The molecule has 0 unspecified atom stereocenters. The number of hydrogen-bond donors (Lipinski definition) is 0. The predicted molar refractivity (Wildman–Crippen MR) is 128 cm³/mol. The second-order valence-electron chi connectivity index (χ2n) is 6.87. The van der Waals surface area contributed by atoms with Gasteiger partial charge in [-0.15, -0.1) is 11.8 Å². The number of carbonyl (C=O) groups excluding carboxylic acids is 1. The van der Waals surface area contributed by atoms with Gasteiger partial charge in [-0.3, -0.25) is 9.69 Å². The number of thioether (sulfide) groups is 1. The maximum Gasteiger partial charge on any atom is 0.244 e. The van der Waals surface area contributed by atoms with Gasteiger partial charge in [-0.1, -0.05) is 59.9 Å². The summed E-state index contributed by atoms with van der Waals surface area (Å²) in [5, 5.41) is 0.491. The zero-order valence-electron chi connectivity index (χ0n) is 16.8. The Balaban J connectivity index is 1.70. The maximum atomic E-state index is 13.2. The minimum absolute atomic E-state index is 0.136. The summed E-state index contributed by atoms with van der Waals surface area (Å²) in [5.41, 5.74) is 1.69. The van der Waals surface area contributed by atoms with Crippen molar-refractivity contribution in [3.05, 3.63) is 84.4 Å². The third-order valence-corrected chi connectivity index (χ3v) is 8.10. The van der Waals surface area contributed by atoms with E-state index in [0.717, 1.165) is 20.7 Å². The Bertz CT molecular complexity index is 1300. The zero-order chi connectivity index (χ0) is 21.8. The summed E-state index contributed by atoms with van der Waals surface area (Å²) in [6.45, 7) is 0.249. The Labute approximate surface area is 189 Å². The number of fused-ring (bicyclic) bond motifs is 1. The second-order valence-corrected chi connectivity index (χ2v) is 10.7. The quantitative estimate of drug-likeness (QED) is 0.356. The fourth-order valence-electron chi connectivity index (χ4n) is 3.12. The molecule has 4 rings (SSSR count). The van der Waals surface area contributed by atoms with Crippen LogP contribution in [0.25, 0.3) is 10.2 Å². The van der Waals surface area contributed by atoms with E-state index in [9.17, 15) is 13.2 Å². The predicted octanol–water partition coefficient (Wildman–Crippen LogP) is 5.03. The molecule has 0 aliphatic carbocycles. The van der Waals surface area contributed by atoms with Crippen LogP contribution in [0.2, 0.25) is 0 Å². The first kappa shape index (κ1) is 21.5. The van der Waals surface area contributed by atoms with Crippen LogP contribution in [0, 0.1) is 0 Å². The lowest BCUT2D eigenvalue weighted by Crippen LogP contribution is -2.35. The van der Waals surface area contributed by atoms with Crippen molar-refractivity contribution in [2.24, 2.45) is 0 Å². The van der Waals surface area contributed by atoms with Crippen molar-refractivity contribution < 1.29 is 13.2 Å². The van der Waals surface area contributed by atoms with Crippen molar-refractivity contribution in [3.63, 3.8) is 0 Å². The second kappa shape index (κ2) is 9.21. The van der Waals surface area contributed by atoms with Crippen LogP contribution < -0.4 is 4.90 Å². The number of amides is 1. The molecule has 31 heavy (non-hydrogen) atoms. The third kappa shape index (κ3) is 4.98. The van der Waals surface area contributed by atoms with Crippen molar-refractivity contribution in [2.45, 2.75) is 16.3 Å². The molecule has 0 saturated carbocycles. The molecule has 0 radical (unpaired) electrons. The Morgan fingerprint density at radius 2 is 1.68 bits per heavy atom. The lowest BCUT2D eigenvalue weighted by molar-refractivity contribution is -0.116. The topological polar surface area (TPSA) is 67.3 Å². The number of rotatable bonds is 7. The van der Waals surface area contributed by atoms with Gasteiger partial charge in [0.25, 0.3) is 0 Å². The molecule has 0 aliphatic heterocycles.